The zero-order valence-corrected chi connectivity index (χ0v) is 18.8. The highest BCUT2D eigenvalue weighted by molar-refractivity contribution is 5.95. The van der Waals surface area contributed by atoms with Gasteiger partial charge in [0.15, 0.2) is 0 Å². The molecule has 4 rings (SSSR count). The van der Waals surface area contributed by atoms with Crippen LogP contribution in [0.2, 0.25) is 0 Å². The smallest absolute Gasteiger partial charge is 0.421 e. The molecule has 11 nitrogen and oxygen atoms in total. The lowest BCUT2D eigenvalue weighted by atomic mass is 10.2. The first-order valence-corrected chi connectivity index (χ1v) is 10.6. The molecule has 0 atom stereocenters. The normalized spacial score (nSPS) is 10.7. The number of carbonyl (C=O) groups excluding carboxylic acids is 1. The second-order valence-electron chi connectivity index (χ2n) is 7.65. The van der Waals surface area contributed by atoms with E-state index in [9.17, 15) is 14.7 Å². The van der Waals surface area contributed by atoms with Crippen LogP contribution in [0.5, 0.6) is 5.75 Å². The second-order valence-corrected chi connectivity index (χ2v) is 7.65. The summed E-state index contributed by atoms with van der Waals surface area (Å²) in [6.07, 6.45) is 0.603. The van der Waals surface area contributed by atoms with Gasteiger partial charge in [0.05, 0.1) is 17.6 Å². The first kappa shape index (κ1) is 23.2. The van der Waals surface area contributed by atoms with Crippen molar-refractivity contribution in [1.29, 1.82) is 5.41 Å². The van der Waals surface area contributed by atoms with Gasteiger partial charge >= 0.3 is 12.1 Å². The fourth-order valence-corrected chi connectivity index (χ4v) is 3.43. The van der Waals surface area contributed by atoms with Crippen molar-refractivity contribution in [3.05, 3.63) is 77.7 Å². The molecule has 1 amide bonds. The minimum absolute atomic E-state index is 0.00641. The Hall–Kier alpha value is -4.93. The SMILES string of the molecule is Cc1c(OC(=O)N(CC(=O)O)c2ccccn2)ccc2[nH]c(CNc3ccc(C(=N)N)cc3)nc12. The quantitative estimate of drug-likeness (QED) is 0.192. The molecule has 2 heterocycles. The van der Waals surface area contributed by atoms with Gasteiger partial charge in [-0.05, 0) is 55.5 Å². The first-order valence-electron chi connectivity index (χ1n) is 10.6. The van der Waals surface area contributed by atoms with Crippen LogP contribution >= 0.6 is 0 Å². The lowest BCUT2D eigenvalue weighted by molar-refractivity contribution is -0.135. The highest BCUT2D eigenvalue weighted by Crippen LogP contribution is 2.27. The molecule has 0 aliphatic heterocycles. The maximum atomic E-state index is 12.8. The van der Waals surface area contributed by atoms with E-state index in [-0.39, 0.29) is 17.4 Å². The number of fused-ring (bicyclic) bond motifs is 1. The zero-order valence-electron chi connectivity index (χ0n) is 18.8. The summed E-state index contributed by atoms with van der Waals surface area (Å²) in [5.41, 5.74) is 8.98. The van der Waals surface area contributed by atoms with E-state index in [1.54, 1.807) is 43.3 Å². The maximum absolute atomic E-state index is 12.8. The Balaban J connectivity index is 1.50. The molecule has 0 bridgehead atoms. The van der Waals surface area contributed by atoms with E-state index in [4.69, 9.17) is 15.9 Å². The summed E-state index contributed by atoms with van der Waals surface area (Å²) in [6, 6.07) is 15.4. The zero-order chi connectivity index (χ0) is 24.9. The topological polar surface area (TPSA) is 170 Å². The molecule has 6 N–H and O–H groups in total. The number of benzene rings is 2. The van der Waals surface area contributed by atoms with Crippen molar-refractivity contribution in [1.82, 2.24) is 15.0 Å². The van der Waals surface area contributed by atoms with Crippen LogP contribution in [0.1, 0.15) is 17.0 Å². The van der Waals surface area contributed by atoms with Gasteiger partial charge in [-0.3, -0.25) is 10.2 Å². The molecule has 0 radical (unpaired) electrons. The Bertz CT molecular complexity index is 1380. The third-order valence-corrected chi connectivity index (χ3v) is 5.20. The minimum atomic E-state index is -1.19. The molecule has 178 valence electrons. The third-order valence-electron chi connectivity index (χ3n) is 5.20. The van der Waals surface area contributed by atoms with Crippen molar-refractivity contribution >= 4 is 40.4 Å². The van der Waals surface area contributed by atoms with Crippen molar-refractivity contribution in [3.63, 3.8) is 0 Å². The summed E-state index contributed by atoms with van der Waals surface area (Å²) in [4.78, 5) is 36.9. The molecule has 0 unspecified atom stereocenters. The number of nitrogens with two attached hydrogens (primary N) is 1. The van der Waals surface area contributed by atoms with Gasteiger partial charge in [0, 0.05) is 23.0 Å². The number of aliphatic carboxylic acids is 1. The van der Waals surface area contributed by atoms with Crippen LogP contribution in [0.15, 0.2) is 60.8 Å². The monoisotopic (exact) mass is 473 g/mol. The van der Waals surface area contributed by atoms with Crippen LogP contribution in [0.3, 0.4) is 0 Å². The molecule has 11 heteroatoms. The van der Waals surface area contributed by atoms with Gasteiger partial charge < -0.3 is 25.9 Å². The Morgan fingerprint density at radius 3 is 2.60 bits per heavy atom. The fourth-order valence-electron chi connectivity index (χ4n) is 3.43. The van der Waals surface area contributed by atoms with Crippen LogP contribution in [-0.4, -0.2) is 44.5 Å². The van der Waals surface area contributed by atoms with E-state index < -0.39 is 18.6 Å². The van der Waals surface area contributed by atoms with Crippen LogP contribution < -0.4 is 20.7 Å². The van der Waals surface area contributed by atoms with E-state index in [0.717, 1.165) is 16.1 Å². The predicted octanol–water partition coefficient (Wildman–Crippen LogP) is 3.25. The second kappa shape index (κ2) is 9.91. The Morgan fingerprint density at radius 2 is 1.94 bits per heavy atom. The Morgan fingerprint density at radius 1 is 1.17 bits per heavy atom. The maximum Gasteiger partial charge on any atom is 0.421 e. The Labute approximate surface area is 200 Å². The lowest BCUT2D eigenvalue weighted by Crippen LogP contribution is -2.38. The number of H-pyrrole nitrogens is 1. The largest absolute Gasteiger partial charge is 0.480 e. The number of amides is 1. The number of hydrogen-bond donors (Lipinski definition) is 5. The number of imidazole rings is 1. The number of amidine groups is 1. The standard InChI is InChI=1S/C24H23N7O4/c1-14-18(35-24(34)31(13-21(32)33)20-4-2-3-11-27-20)10-9-17-22(14)30-19(29-17)12-28-16-7-5-15(6-8-16)23(25)26/h2-11,28H,12-13H2,1H3,(H3,25,26)(H,29,30)(H,32,33). The number of nitrogens with zero attached hydrogens (tertiary/aromatic N) is 3. The Kier molecular flexibility index (Phi) is 6.58. The average molecular weight is 473 g/mol. The minimum Gasteiger partial charge on any atom is -0.480 e. The highest BCUT2D eigenvalue weighted by atomic mass is 16.6. The number of carbonyl (C=O) groups is 2. The number of anilines is 2. The molecule has 0 spiro atoms. The van der Waals surface area contributed by atoms with Crippen LogP contribution in [-0.2, 0) is 11.3 Å². The van der Waals surface area contributed by atoms with Crippen LogP contribution in [0, 0.1) is 12.3 Å². The van der Waals surface area contributed by atoms with Crippen molar-refractivity contribution < 1.29 is 19.4 Å². The number of hydrogen-bond acceptors (Lipinski definition) is 7. The van der Waals surface area contributed by atoms with Crippen molar-refractivity contribution in [2.45, 2.75) is 13.5 Å². The lowest BCUT2D eigenvalue weighted by Gasteiger charge is -2.19. The van der Waals surface area contributed by atoms with Crippen LogP contribution in [0.4, 0.5) is 16.3 Å². The van der Waals surface area contributed by atoms with Gasteiger partial charge in [-0.25, -0.2) is 19.7 Å². The van der Waals surface area contributed by atoms with E-state index in [0.29, 0.717) is 29.0 Å². The number of rotatable bonds is 8. The van der Waals surface area contributed by atoms with E-state index in [1.165, 1.54) is 12.3 Å². The average Bonchev–Trinajstić information content (AvgIpc) is 3.27. The van der Waals surface area contributed by atoms with Crippen molar-refractivity contribution in [2.24, 2.45) is 5.73 Å². The molecule has 0 fully saturated rings. The highest BCUT2D eigenvalue weighted by Gasteiger charge is 2.23. The number of ether oxygens (including phenoxy) is 1. The number of nitrogen functional groups attached to an aromatic ring is 1. The van der Waals surface area contributed by atoms with Gasteiger partial charge in [-0.1, -0.05) is 6.07 Å². The molecule has 4 aromatic rings. The molecule has 0 saturated carbocycles. The van der Waals surface area contributed by atoms with Crippen molar-refractivity contribution in [3.8, 4) is 5.75 Å². The summed E-state index contributed by atoms with van der Waals surface area (Å²) in [5, 5.41) is 19.9. The fraction of sp³-hybridized carbons (Fsp3) is 0.125. The predicted molar refractivity (Wildman–Crippen MR) is 131 cm³/mol. The van der Waals surface area contributed by atoms with E-state index in [1.807, 2.05) is 12.1 Å². The van der Waals surface area contributed by atoms with E-state index in [2.05, 4.69) is 20.3 Å². The van der Waals surface area contributed by atoms with Gasteiger partial charge in [0.25, 0.3) is 0 Å². The molecule has 35 heavy (non-hydrogen) atoms. The number of aryl methyl sites for hydroxylation is 1. The summed E-state index contributed by atoms with van der Waals surface area (Å²) in [7, 11) is 0. The summed E-state index contributed by atoms with van der Waals surface area (Å²) in [6.45, 7) is 1.59. The van der Waals surface area contributed by atoms with Gasteiger partial charge in [0.2, 0.25) is 0 Å². The number of nitrogens with one attached hydrogen (secondary N) is 3. The first-order chi connectivity index (χ1) is 16.8. The van der Waals surface area contributed by atoms with Crippen molar-refractivity contribution in [2.75, 3.05) is 16.8 Å². The van der Waals surface area contributed by atoms with Crippen LogP contribution in [0.25, 0.3) is 11.0 Å². The van der Waals surface area contributed by atoms with E-state index >= 15 is 0 Å². The third kappa shape index (κ3) is 5.36. The van der Waals surface area contributed by atoms with Gasteiger partial charge in [-0.15, -0.1) is 0 Å². The number of aromatic amines is 1. The number of aromatic nitrogens is 3. The number of carboxylic acid groups (broad SMARTS) is 1. The molecule has 0 aliphatic rings. The number of pyridine rings is 1. The molecular weight excluding hydrogens is 450 g/mol. The van der Waals surface area contributed by atoms with Gasteiger partial charge in [-0.2, -0.15) is 0 Å². The molecule has 2 aromatic heterocycles. The summed E-state index contributed by atoms with van der Waals surface area (Å²) in [5.74, 6) is -0.0852. The van der Waals surface area contributed by atoms with Gasteiger partial charge in [0.1, 0.15) is 29.8 Å². The summed E-state index contributed by atoms with van der Waals surface area (Å²) >= 11 is 0. The molecule has 2 aromatic carbocycles. The molecule has 0 saturated heterocycles. The number of carboxylic acids is 1. The molecular formula is C24H23N7O4. The molecule has 0 aliphatic carbocycles. The summed E-state index contributed by atoms with van der Waals surface area (Å²) < 4.78 is 5.53.